The van der Waals surface area contributed by atoms with Crippen molar-refractivity contribution in [3.8, 4) is 28.7 Å². The summed E-state index contributed by atoms with van der Waals surface area (Å²) < 4.78 is 30.9. The quantitative estimate of drug-likeness (QED) is 0.0406. The van der Waals surface area contributed by atoms with Crippen LogP contribution in [0.15, 0.2) is 35.3 Å². The lowest BCUT2D eigenvalue weighted by atomic mass is 10.1. The number of hydrogen-bond donors (Lipinski definition) is 1. The van der Waals surface area contributed by atoms with Crippen molar-refractivity contribution in [1.29, 1.82) is 0 Å². The molecule has 2 aromatic carbocycles. The molecule has 1 aliphatic heterocycles. The Labute approximate surface area is 372 Å². The second-order valence-electron chi connectivity index (χ2n) is 17.6. The Morgan fingerprint density at radius 2 is 0.967 bits per heavy atom. The van der Waals surface area contributed by atoms with E-state index in [1.165, 1.54) is 160 Å². The van der Waals surface area contributed by atoms with Crippen LogP contribution < -0.4 is 18.9 Å². The molecule has 0 aliphatic carbocycles. The minimum atomic E-state index is -0.566. The number of hydrogen-bond acceptors (Lipinski definition) is 8. The van der Waals surface area contributed by atoms with Gasteiger partial charge in [0.05, 0.1) is 37.0 Å². The van der Waals surface area contributed by atoms with E-state index in [0.717, 1.165) is 38.5 Å². The van der Waals surface area contributed by atoms with Crippen LogP contribution in [0.5, 0.6) is 28.7 Å². The summed E-state index contributed by atoms with van der Waals surface area (Å²) in [5, 5.41) is 10.8. The summed E-state index contributed by atoms with van der Waals surface area (Å²) in [7, 11) is 0. The monoisotopic (exact) mass is 850 g/mol. The van der Waals surface area contributed by atoms with Gasteiger partial charge in [-0.05, 0) is 50.5 Å². The molecule has 3 rings (SSSR count). The molecule has 1 N–H and O–H groups in total. The van der Waals surface area contributed by atoms with Crippen LogP contribution in [-0.2, 0) is 4.74 Å². The van der Waals surface area contributed by atoms with Crippen LogP contribution in [0.25, 0.3) is 0 Å². The Morgan fingerprint density at radius 1 is 0.574 bits per heavy atom. The van der Waals surface area contributed by atoms with Gasteiger partial charge < -0.3 is 28.8 Å². The molecule has 0 aromatic heterocycles. The van der Waals surface area contributed by atoms with Crippen molar-refractivity contribution in [3.63, 3.8) is 0 Å². The SMILES string of the molecule is CCCCCCCCCCCCOc1cc(C(=O)Oc2ccc(C3=N[C@@H](C)CO3)c(O)c2)cc(OCCCCCCCCCCCC)c1OCCCCCCCCCCCC. The number of rotatable bonds is 39. The molecule has 1 aliphatic rings. The zero-order valence-corrected chi connectivity index (χ0v) is 39.3. The van der Waals surface area contributed by atoms with Crippen LogP contribution in [0.2, 0.25) is 0 Å². The van der Waals surface area contributed by atoms with Crippen molar-refractivity contribution in [3.05, 3.63) is 41.5 Å². The molecule has 0 fully saturated rings. The van der Waals surface area contributed by atoms with Crippen molar-refractivity contribution in [2.24, 2.45) is 4.99 Å². The molecule has 0 amide bonds. The second kappa shape index (κ2) is 34.1. The summed E-state index contributed by atoms with van der Waals surface area (Å²) in [6, 6.07) is 8.24. The predicted molar refractivity (Wildman–Crippen MR) is 253 cm³/mol. The van der Waals surface area contributed by atoms with E-state index < -0.39 is 5.97 Å². The van der Waals surface area contributed by atoms with E-state index in [9.17, 15) is 9.90 Å². The van der Waals surface area contributed by atoms with Crippen molar-refractivity contribution in [2.45, 2.75) is 226 Å². The Morgan fingerprint density at radius 3 is 1.34 bits per heavy atom. The van der Waals surface area contributed by atoms with Gasteiger partial charge in [-0.3, -0.25) is 0 Å². The van der Waals surface area contributed by atoms with Crippen LogP contribution >= 0.6 is 0 Å². The van der Waals surface area contributed by atoms with E-state index in [1.807, 2.05) is 6.92 Å². The highest BCUT2D eigenvalue weighted by molar-refractivity contribution is 5.98. The van der Waals surface area contributed by atoms with Gasteiger partial charge in [-0.1, -0.05) is 194 Å². The largest absolute Gasteiger partial charge is 0.507 e. The van der Waals surface area contributed by atoms with Gasteiger partial charge in [0.25, 0.3) is 0 Å². The Bertz CT molecular complexity index is 1410. The van der Waals surface area contributed by atoms with Gasteiger partial charge >= 0.3 is 5.97 Å². The maximum absolute atomic E-state index is 13.8. The molecule has 0 radical (unpaired) electrons. The minimum Gasteiger partial charge on any atom is -0.507 e. The molecule has 1 heterocycles. The van der Waals surface area contributed by atoms with Gasteiger partial charge in [0, 0.05) is 6.07 Å². The normalized spacial score (nSPS) is 13.6. The molecule has 8 nitrogen and oxygen atoms in total. The third kappa shape index (κ3) is 23.0. The third-order valence-electron chi connectivity index (χ3n) is 11.7. The first-order valence-electron chi connectivity index (χ1n) is 25.3. The summed E-state index contributed by atoms with van der Waals surface area (Å²) in [6.07, 6.45) is 37.4. The molecule has 0 spiro atoms. The Hall–Kier alpha value is -3.42. The molecular weight excluding hydrogens is 763 g/mol. The maximum atomic E-state index is 13.8. The van der Waals surface area contributed by atoms with Crippen LogP contribution in [0.4, 0.5) is 0 Å². The average Bonchev–Trinajstić information content (AvgIpc) is 3.69. The first-order valence-corrected chi connectivity index (χ1v) is 25.3. The van der Waals surface area contributed by atoms with Gasteiger partial charge in [0.15, 0.2) is 11.5 Å². The van der Waals surface area contributed by atoms with Gasteiger partial charge in [0.2, 0.25) is 11.6 Å². The number of carbonyl (C=O) groups excluding carboxylic acids is 1. The van der Waals surface area contributed by atoms with Crippen molar-refractivity contribution >= 4 is 11.9 Å². The fraction of sp³-hybridized carbons (Fsp3) is 0.736. The number of ether oxygens (including phenoxy) is 5. The summed E-state index contributed by atoms with van der Waals surface area (Å²) >= 11 is 0. The lowest BCUT2D eigenvalue weighted by Crippen LogP contribution is -2.12. The summed E-state index contributed by atoms with van der Waals surface area (Å²) in [6.45, 7) is 10.8. The fourth-order valence-corrected chi connectivity index (χ4v) is 7.90. The zero-order valence-electron chi connectivity index (χ0n) is 39.3. The molecule has 346 valence electrons. The van der Waals surface area contributed by atoms with Gasteiger partial charge in [-0.25, -0.2) is 9.79 Å². The number of benzene rings is 2. The van der Waals surface area contributed by atoms with Crippen molar-refractivity contribution in [2.75, 3.05) is 26.4 Å². The number of aliphatic imine (C=N–C) groups is 1. The standard InChI is InChI=1S/C53H87NO7/c1-5-8-11-14-17-20-23-26-29-32-37-57-49-40-45(53(56)61-46-35-36-47(48(55)42-46)52-54-44(4)43-60-52)41-50(58-38-33-30-27-24-21-18-15-12-9-6-2)51(49)59-39-34-31-28-25-22-19-16-13-10-7-3/h35-36,40-42,44,55H,5-34,37-39,43H2,1-4H3/t44-/m0/s1. The van der Waals surface area contributed by atoms with Gasteiger partial charge in [-0.2, -0.15) is 0 Å². The zero-order chi connectivity index (χ0) is 43.6. The first kappa shape index (κ1) is 51.9. The number of unbranched alkanes of at least 4 members (excludes halogenated alkanes) is 27. The fourth-order valence-electron chi connectivity index (χ4n) is 7.90. The molecule has 1 atom stereocenters. The summed E-state index contributed by atoms with van der Waals surface area (Å²) in [5.41, 5.74) is 0.779. The van der Waals surface area contributed by atoms with E-state index in [-0.39, 0.29) is 17.5 Å². The van der Waals surface area contributed by atoms with E-state index in [4.69, 9.17) is 23.7 Å². The van der Waals surface area contributed by atoms with Crippen LogP contribution in [-0.4, -0.2) is 49.4 Å². The smallest absolute Gasteiger partial charge is 0.343 e. The minimum absolute atomic E-state index is 0.0248. The van der Waals surface area contributed by atoms with E-state index in [1.54, 1.807) is 24.3 Å². The van der Waals surface area contributed by atoms with Crippen molar-refractivity contribution < 1.29 is 33.6 Å². The molecule has 0 unspecified atom stereocenters. The van der Waals surface area contributed by atoms with E-state index in [0.29, 0.717) is 60.7 Å². The number of nitrogens with zero attached hydrogens (tertiary/aromatic N) is 1. The second-order valence-corrected chi connectivity index (χ2v) is 17.6. The Balaban J connectivity index is 1.69. The number of esters is 1. The summed E-state index contributed by atoms with van der Waals surface area (Å²) in [4.78, 5) is 18.2. The van der Waals surface area contributed by atoms with Crippen LogP contribution in [0, 0.1) is 0 Å². The van der Waals surface area contributed by atoms with Crippen LogP contribution in [0.1, 0.15) is 236 Å². The topological polar surface area (TPSA) is 95.8 Å². The number of phenolic OH excluding ortho intramolecular Hbond substituents is 1. The molecular formula is C53H87NO7. The molecule has 0 saturated carbocycles. The van der Waals surface area contributed by atoms with Gasteiger partial charge in [-0.15, -0.1) is 0 Å². The van der Waals surface area contributed by atoms with Gasteiger partial charge in [0.1, 0.15) is 18.1 Å². The highest BCUT2D eigenvalue weighted by Gasteiger charge is 2.23. The van der Waals surface area contributed by atoms with Crippen LogP contribution in [0.3, 0.4) is 0 Å². The third-order valence-corrected chi connectivity index (χ3v) is 11.7. The molecule has 2 aromatic rings. The highest BCUT2D eigenvalue weighted by atomic mass is 16.5. The first-order chi connectivity index (χ1) is 30.0. The van der Waals surface area contributed by atoms with E-state index >= 15 is 0 Å². The molecule has 0 saturated heterocycles. The lowest BCUT2D eigenvalue weighted by Gasteiger charge is -2.19. The maximum Gasteiger partial charge on any atom is 0.343 e. The lowest BCUT2D eigenvalue weighted by molar-refractivity contribution is 0.0733. The summed E-state index contributed by atoms with van der Waals surface area (Å²) in [5.74, 6) is 1.59. The number of carbonyl (C=O) groups is 1. The molecule has 8 heteroatoms. The number of phenols is 1. The molecule has 0 bridgehead atoms. The highest BCUT2D eigenvalue weighted by Crippen LogP contribution is 2.40. The predicted octanol–water partition coefficient (Wildman–Crippen LogP) is 15.7. The van der Waals surface area contributed by atoms with Crippen molar-refractivity contribution in [1.82, 2.24) is 0 Å². The molecule has 61 heavy (non-hydrogen) atoms. The average molecular weight is 850 g/mol. The van der Waals surface area contributed by atoms with E-state index in [2.05, 4.69) is 25.8 Å². The number of aromatic hydroxyl groups is 1. The Kier molecular flexibility index (Phi) is 29.0.